The van der Waals surface area contributed by atoms with Crippen molar-refractivity contribution in [2.45, 2.75) is 33.5 Å². The topological polar surface area (TPSA) is 59.9 Å². The minimum atomic E-state index is -2.94. The van der Waals surface area contributed by atoms with Crippen LogP contribution < -0.4 is 10.1 Å². The summed E-state index contributed by atoms with van der Waals surface area (Å²) in [6.07, 6.45) is 0.355. The molecule has 0 bridgehead atoms. The van der Waals surface area contributed by atoms with Gasteiger partial charge in [-0.25, -0.2) is 0 Å². The van der Waals surface area contributed by atoms with Gasteiger partial charge < -0.3 is 14.9 Å². The van der Waals surface area contributed by atoms with Gasteiger partial charge in [0, 0.05) is 11.3 Å². The summed E-state index contributed by atoms with van der Waals surface area (Å²) in [7, 11) is 0. The number of oxime groups is 1. The van der Waals surface area contributed by atoms with Crippen molar-refractivity contribution in [3.63, 3.8) is 0 Å². The monoisotopic (exact) mass is 362 g/mol. The molecule has 5 nitrogen and oxygen atoms in total. The Balaban J connectivity index is 1.97. The summed E-state index contributed by atoms with van der Waals surface area (Å²) in [5.41, 5.74) is 2.96. The molecule has 0 saturated carbocycles. The molecule has 2 aromatic rings. The molecule has 1 unspecified atom stereocenters. The van der Waals surface area contributed by atoms with Gasteiger partial charge in [-0.15, -0.1) is 0 Å². The van der Waals surface area contributed by atoms with Crippen LogP contribution in [0.15, 0.2) is 47.6 Å². The van der Waals surface area contributed by atoms with E-state index < -0.39 is 12.7 Å². The van der Waals surface area contributed by atoms with E-state index in [1.54, 1.807) is 25.1 Å². The van der Waals surface area contributed by atoms with Gasteiger partial charge in [0.05, 0.1) is 6.21 Å². The third-order valence-electron chi connectivity index (χ3n) is 3.57. The van der Waals surface area contributed by atoms with E-state index in [1.807, 2.05) is 32.0 Å². The number of benzene rings is 2. The highest BCUT2D eigenvalue weighted by Crippen LogP contribution is 2.19. The fourth-order valence-electron chi connectivity index (χ4n) is 2.12. The number of carbonyl (C=O) groups excluding carboxylic acids is 1. The molecule has 138 valence electrons. The zero-order chi connectivity index (χ0) is 19.1. The molecule has 2 rings (SSSR count). The molecule has 1 N–H and O–H groups in total. The molecular formula is C19H20F2N2O3. The van der Waals surface area contributed by atoms with Crippen molar-refractivity contribution in [1.29, 1.82) is 0 Å². The molecular weight excluding hydrogens is 342 g/mol. The Morgan fingerprint density at radius 2 is 1.92 bits per heavy atom. The summed E-state index contributed by atoms with van der Waals surface area (Å²) in [6, 6.07) is 11.9. The van der Waals surface area contributed by atoms with E-state index >= 15 is 0 Å². The molecule has 0 aliphatic carbocycles. The van der Waals surface area contributed by atoms with Crippen LogP contribution in [0.3, 0.4) is 0 Å². The number of hydrogen-bond acceptors (Lipinski definition) is 4. The quantitative estimate of drug-likeness (QED) is 0.591. The SMILES string of the molecule is Cc1ccc(C)c(NC(=O)C(C)O/N=C/c2ccccc2OC(F)F)c1. The highest BCUT2D eigenvalue weighted by molar-refractivity contribution is 5.94. The summed E-state index contributed by atoms with van der Waals surface area (Å²) in [4.78, 5) is 17.3. The van der Waals surface area contributed by atoms with E-state index in [1.165, 1.54) is 12.3 Å². The van der Waals surface area contributed by atoms with Crippen molar-refractivity contribution >= 4 is 17.8 Å². The van der Waals surface area contributed by atoms with E-state index in [4.69, 9.17) is 4.84 Å². The average molecular weight is 362 g/mol. The maximum absolute atomic E-state index is 12.4. The molecule has 1 amide bonds. The first-order chi connectivity index (χ1) is 12.4. The van der Waals surface area contributed by atoms with E-state index in [2.05, 4.69) is 15.2 Å². The minimum Gasteiger partial charge on any atom is -0.434 e. The van der Waals surface area contributed by atoms with Crippen LogP contribution in [0.4, 0.5) is 14.5 Å². The third-order valence-corrected chi connectivity index (χ3v) is 3.57. The van der Waals surface area contributed by atoms with Crippen molar-refractivity contribution in [1.82, 2.24) is 0 Å². The van der Waals surface area contributed by atoms with Gasteiger partial charge in [-0.05, 0) is 50.1 Å². The summed E-state index contributed by atoms with van der Waals surface area (Å²) in [5, 5.41) is 6.48. The number of alkyl halides is 2. The predicted octanol–water partition coefficient (Wildman–Crippen LogP) is 4.28. The number of nitrogens with one attached hydrogen (secondary N) is 1. The zero-order valence-corrected chi connectivity index (χ0v) is 14.7. The Labute approximate surface area is 150 Å². The zero-order valence-electron chi connectivity index (χ0n) is 14.7. The van der Waals surface area contributed by atoms with Crippen LogP contribution in [0.5, 0.6) is 5.75 Å². The second-order valence-electron chi connectivity index (χ2n) is 5.71. The number of amides is 1. The standard InChI is InChI=1S/C19H20F2N2O3/c1-12-8-9-13(2)16(10-12)23-18(24)14(3)26-22-11-15-6-4-5-7-17(15)25-19(20)21/h4-11,14,19H,1-3H3,(H,23,24)/b22-11+. The van der Waals surface area contributed by atoms with Gasteiger partial charge in [0.25, 0.3) is 5.91 Å². The first kappa shape index (κ1) is 19.4. The van der Waals surface area contributed by atoms with E-state index in [0.29, 0.717) is 11.3 Å². The van der Waals surface area contributed by atoms with E-state index in [9.17, 15) is 13.6 Å². The van der Waals surface area contributed by atoms with Crippen LogP contribution in [-0.2, 0) is 9.63 Å². The van der Waals surface area contributed by atoms with Crippen LogP contribution in [-0.4, -0.2) is 24.8 Å². The highest BCUT2D eigenvalue weighted by atomic mass is 19.3. The predicted molar refractivity (Wildman–Crippen MR) is 95.8 cm³/mol. The number of ether oxygens (including phenoxy) is 1. The van der Waals surface area contributed by atoms with Crippen LogP contribution in [0.25, 0.3) is 0 Å². The van der Waals surface area contributed by atoms with Crippen molar-refractivity contribution < 1.29 is 23.1 Å². The molecule has 0 spiro atoms. The van der Waals surface area contributed by atoms with Crippen LogP contribution in [0.1, 0.15) is 23.6 Å². The normalized spacial score (nSPS) is 12.2. The van der Waals surface area contributed by atoms with Crippen LogP contribution in [0.2, 0.25) is 0 Å². The molecule has 0 aliphatic heterocycles. The smallest absolute Gasteiger partial charge is 0.387 e. The lowest BCUT2D eigenvalue weighted by atomic mass is 10.1. The van der Waals surface area contributed by atoms with Crippen molar-refractivity contribution in [2.24, 2.45) is 5.16 Å². The molecule has 0 saturated heterocycles. The largest absolute Gasteiger partial charge is 0.434 e. The summed E-state index contributed by atoms with van der Waals surface area (Å²) in [5.74, 6) is -0.393. The molecule has 2 aromatic carbocycles. The number of halogens is 2. The van der Waals surface area contributed by atoms with Gasteiger partial charge in [0.15, 0.2) is 0 Å². The van der Waals surface area contributed by atoms with Gasteiger partial charge in [-0.2, -0.15) is 8.78 Å². The van der Waals surface area contributed by atoms with Crippen molar-refractivity contribution in [3.05, 3.63) is 59.2 Å². The van der Waals surface area contributed by atoms with Gasteiger partial charge in [-0.1, -0.05) is 29.4 Å². The van der Waals surface area contributed by atoms with Gasteiger partial charge in [-0.3, -0.25) is 4.79 Å². The summed E-state index contributed by atoms with van der Waals surface area (Å²) < 4.78 is 29.1. The fourth-order valence-corrected chi connectivity index (χ4v) is 2.12. The fraction of sp³-hybridized carbons (Fsp3) is 0.263. The van der Waals surface area contributed by atoms with Crippen molar-refractivity contribution in [2.75, 3.05) is 5.32 Å². The number of rotatable bonds is 7. The van der Waals surface area contributed by atoms with Gasteiger partial charge >= 0.3 is 6.61 Å². The molecule has 7 heteroatoms. The number of hydrogen-bond donors (Lipinski definition) is 1. The number of carbonyl (C=O) groups is 1. The van der Waals surface area contributed by atoms with Crippen molar-refractivity contribution in [3.8, 4) is 5.75 Å². The lowest BCUT2D eigenvalue weighted by molar-refractivity contribution is -0.126. The molecule has 0 aromatic heterocycles. The maximum atomic E-state index is 12.4. The summed E-state index contributed by atoms with van der Waals surface area (Å²) >= 11 is 0. The van der Waals surface area contributed by atoms with E-state index in [0.717, 1.165) is 11.1 Å². The highest BCUT2D eigenvalue weighted by Gasteiger charge is 2.15. The number of anilines is 1. The van der Waals surface area contributed by atoms with Crippen LogP contribution >= 0.6 is 0 Å². The van der Waals surface area contributed by atoms with Crippen LogP contribution in [0, 0.1) is 13.8 Å². The Kier molecular flexibility index (Phi) is 6.66. The first-order valence-corrected chi connectivity index (χ1v) is 7.98. The molecule has 0 aliphatic rings. The number of para-hydroxylation sites is 1. The van der Waals surface area contributed by atoms with E-state index in [-0.39, 0.29) is 11.7 Å². The second kappa shape index (κ2) is 8.94. The molecule has 0 fully saturated rings. The maximum Gasteiger partial charge on any atom is 0.387 e. The average Bonchev–Trinajstić information content (AvgIpc) is 2.59. The van der Waals surface area contributed by atoms with Gasteiger partial charge in [0.2, 0.25) is 6.10 Å². The third kappa shape index (κ3) is 5.54. The molecule has 0 radical (unpaired) electrons. The minimum absolute atomic E-state index is 0.0256. The Bertz CT molecular complexity index is 794. The van der Waals surface area contributed by atoms with Gasteiger partial charge in [0.1, 0.15) is 5.75 Å². The lowest BCUT2D eigenvalue weighted by Gasteiger charge is -2.13. The number of aryl methyl sites for hydroxylation is 2. The Morgan fingerprint density at radius 3 is 2.65 bits per heavy atom. The molecule has 1 atom stereocenters. The number of nitrogens with zero attached hydrogens (tertiary/aromatic N) is 1. The lowest BCUT2D eigenvalue weighted by Crippen LogP contribution is -2.26. The Hall–Kier alpha value is -2.96. The molecule has 0 heterocycles. The molecule has 26 heavy (non-hydrogen) atoms. The Morgan fingerprint density at radius 1 is 1.19 bits per heavy atom. The summed E-state index contributed by atoms with van der Waals surface area (Å²) in [6.45, 7) is 2.42. The second-order valence-corrected chi connectivity index (χ2v) is 5.71. The first-order valence-electron chi connectivity index (χ1n) is 7.98.